The first-order valence-electron chi connectivity index (χ1n) is 6.60. The molecule has 0 spiro atoms. The molecular formula is C14H23Cl2N3O. The lowest BCUT2D eigenvalue weighted by Crippen LogP contribution is -2.34. The fourth-order valence-electron chi connectivity index (χ4n) is 2.59. The van der Waals surface area contributed by atoms with E-state index in [2.05, 4.69) is 10.3 Å². The second kappa shape index (κ2) is 9.16. The van der Waals surface area contributed by atoms with Crippen LogP contribution in [-0.4, -0.2) is 17.4 Å². The minimum absolute atomic E-state index is 0. The van der Waals surface area contributed by atoms with Crippen molar-refractivity contribution in [3.8, 4) is 0 Å². The summed E-state index contributed by atoms with van der Waals surface area (Å²) in [4.78, 5) is 16.3. The van der Waals surface area contributed by atoms with Crippen molar-refractivity contribution in [1.29, 1.82) is 0 Å². The summed E-state index contributed by atoms with van der Waals surface area (Å²) in [5, 5.41) is 2.99. The maximum absolute atomic E-state index is 12.1. The van der Waals surface area contributed by atoms with E-state index in [1.165, 1.54) is 0 Å². The van der Waals surface area contributed by atoms with Crippen molar-refractivity contribution in [2.24, 2.45) is 17.6 Å². The molecule has 4 nitrogen and oxygen atoms in total. The number of hydrogen-bond donors (Lipinski definition) is 2. The Kier molecular flexibility index (Phi) is 8.78. The average molecular weight is 320 g/mol. The van der Waals surface area contributed by atoms with Crippen molar-refractivity contribution >= 4 is 30.7 Å². The third-order valence-electron chi connectivity index (χ3n) is 3.74. The molecule has 0 aromatic carbocycles. The minimum atomic E-state index is 0. The number of carbonyl (C=O) groups excluding carboxylic acids is 1. The van der Waals surface area contributed by atoms with Crippen LogP contribution in [0.15, 0.2) is 18.3 Å². The SMILES string of the molecule is Cc1ccc(CNC(=O)[C@@H]2CCC[C@@H]2CN)cn1.Cl.Cl. The molecule has 2 rings (SSSR count). The van der Waals surface area contributed by atoms with Gasteiger partial charge < -0.3 is 11.1 Å². The molecule has 2 atom stereocenters. The highest BCUT2D eigenvalue weighted by Gasteiger charge is 2.31. The van der Waals surface area contributed by atoms with Crippen molar-refractivity contribution in [1.82, 2.24) is 10.3 Å². The molecule has 1 aromatic heterocycles. The topological polar surface area (TPSA) is 68.0 Å². The largest absolute Gasteiger partial charge is 0.352 e. The van der Waals surface area contributed by atoms with Crippen molar-refractivity contribution in [3.63, 3.8) is 0 Å². The van der Waals surface area contributed by atoms with E-state index in [1.807, 2.05) is 25.3 Å². The Hall–Kier alpha value is -0.840. The van der Waals surface area contributed by atoms with Gasteiger partial charge in [0.2, 0.25) is 5.91 Å². The van der Waals surface area contributed by atoms with Gasteiger partial charge in [-0.2, -0.15) is 0 Å². The summed E-state index contributed by atoms with van der Waals surface area (Å²) in [6.45, 7) is 3.12. The lowest BCUT2D eigenvalue weighted by Gasteiger charge is -2.17. The predicted molar refractivity (Wildman–Crippen MR) is 85.2 cm³/mol. The third-order valence-corrected chi connectivity index (χ3v) is 3.74. The Labute approximate surface area is 132 Å². The van der Waals surface area contributed by atoms with E-state index in [-0.39, 0.29) is 36.6 Å². The lowest BCUT2D eigenvalue weighted by atomic mass is 9.95. The molecule has 1 fully saturated rings. The molecule has 1 saturated carbocycles. The van der Waals surface area contributed by atoms with Gasteiger partial charge in [0.1, 0.15) is 0 Å². The van der Waals surface area contributed by atoms with E-state index >= 15 is 0 Å². The molecule has 6 heteroatoms. The number of aryl methyl sites for hydroxylation is 1. The van der Waals surface area contributed by atoms with Crippen molar-refractivity contribution in [2.45, 2.75) is 32.7 Å². The van der Waals surface area contributed by atoms with Crippen LogP contribution >= 0.6 is 24.8 Å². The number of hydrogen-bond acceptors (Lipinski definition) is 3. The molecule has 0 radical (unpaired) electrons. The normalized spacial score (nSPS) is 20.7. The lowest BCUT2D eigenvalue weighted by molar-refractivity contribution is -0.126. The van der Waals surface area contributed by atoms with Gasteiger partial charge in [0, 0.05) is 24.4 Å². The summed E-state index contributed by atoms with van der Waals surface area (Å²) in [7, 11) is 0. The van der Waals surface area contributed by atoms with Gasteiger partial charge in [-0.3, -0.25) is 9.78 Å². The first-order valence-corrected chi connectivity index (χ1v) is 6.60. The quantitative estimate of drug-likeness (QED) is 0.894. The van der Waals surface area contributed by atoms with E-state index in [0.29, 0.717) is 19.0 Å². The Morgan fingerprint density at radius 3 is 2.75 bits per heavy atom. The van der Waals surface area contributed by atoms with E-state index in [4.69, 9.17) is 5.73 Å². The number of rotatable bonds is 4. The van der Waals surface area contributed by atoms with Crippen LogP contribution in [0.3, 0.4) is 0 Å². The summed E-state index contributed by atoms with van der Waals surface area (Å²) in [6, 6.07) is 3.96. The molecule has 1 amide bonds. The Morgan fingerprint density at radius 1 is 1.40 bits per heavy atom. The highest BCUT2D eigenvalue weighted by atomic mass is 35.5. The second-order valence-corrected chi connectivity index (χ2v) is 5.06. The van der Waals surface area contributed by atoms with Crippen LogP contribution in [0.5, 0.6) is 0 Å². The van der Waals surface area contributed by atoms with Crippen LogP contribution in [0.25, 0.3) is 0 Å². The van der Waals surface area contributed by atoms with Crippen molar-refractivity contribution in [2.75, 3.05) is 6.54 Å². The van der Waals surface area contributed by atoms with E-state index in [1.54, 1.807) is 0 Å². The Bertz CT molecular complexity index is 411. The Balaban J connectivity index is 0.00000180. The van der Waals surface area contributed by atoms with Crippen LogP contribution in [0.1, 0.15) is 30.5 Å². The Morgan fingerprint density at radius 2 is 2.15 bits per heavy atom. The number of nitrogens with two attached hydrogens (primary N) is 1. The second-order valence-electron chi connectivity index (χ2n) is 5.06. The van der Waals surface area contributed by atoms with Crippen LogP contribution < -0.4 is 11.1 Å². The highest BCUT2D eigenvalue weighted by molar-refractivity contribution is 5.85. The molecule has 1 aliphatic rings. The number of amides is 1. The van der Waals surface area contributed by atoms with Crippen molar-refractivity contribution < 1.29 is 4.79 Å². The number of nitrogens with one attached hydrogen (secondary N) is 1. The van der Waals surface area contributed by atoms with E-state index < -0.39 is 0 Å². The number of halogens is 2. The van der Waals surface area contributed by atoms with Crippen LogP contribution in [0, 0.1) is 18.8 Å². The molecule has 20 heavy (non-hydrogen) atoms. The molecule has 1 aromatic rings. The standard InChI is InChI=1S/C14H21N3O.2ClH/c1-10-5-6-11(8-16-10)9-17-14(18)13-4-2-3-12(13)7-15;;/h5-6,8,12-13H,2-4,7,9,15H2,1H3,(H,17,18);2*1H/t12-,13-;;/m1../s1. The molecule has 0 unspecified atom stereocenters. The zero-order valence-electron chi connectivity index (χ0n) is 11.7. The zero-order valence-corrected chi connectivity index (χ0v) is 13.3. The summed E-state index contributed by atoms with van der Waals surface area (Å²) in [6.07, 6.45) is 4.98. The van der Waals surface area contributed by atoms with Gasteiger partial charge in [0.05, 0.1) is 0 Å². The first kappa shape index (κ1) is 19.2. The van der Waals surface area contributed by atoms with Crippen LogP contribution in [0.4, 0.5) is 0 Å². The number of pyridine rings is 1. The zero-order chi connectivity index (χ0) is 13.0. The van der Waals surface area contributed by atoms with Crippen molar-refractivity contribution in [3.05, 3.63) is 29.6 Å². The fraction of sp³-hybridized carbons (Fsp3) is 0.571. The number of aromatic nitrogens is 1. The molecule has 0 bridgehead atoms. The summed E-state index contributed by atoms with van der Waals surface area (Å²) in [5.41, 5.74) is 7.72. The van der Waals surface area contributed by atoms with Gasteiger partial charge in [0.15, 0.2) is 0 Å². The van der Waals surface area contributed by atoms with Gasteiger partial charge in [-0.15, -0.1) is 24.8 Å². The van der Waals surface area contributed by atoms with Gasteiger partial charge in [-0.05, 0) is 43.9 Å². The van der Waals surface area contributed by atoms with E-state index in [9.17, 15) is 4.79 Å². The van der Waals surface area contributed by atoms with Gasteiger partial charge in [0.25, 0.3) is 0 Å². The summed E-state index contributed by atoms with van der Waals surface area (Å²) >= 11 is 0. The maximum Gasteiger partial charge on any atom is 0.223 e. The summed E-state index contributed by atoms with van der Waals surface area (Å²) in [5.74, 6) is 0.609. The third kappa shape index (κ3) is 4.93. The average Bonchev–Trinajstić information content (AvgIpc) is 2.86. The van der Waals surface area contributed by atoms with Crippen LogP contribution in [0.2, 0.25) is 0 Å². The van der Waals surface area contributed by atoms with E-state index in [0.717, 1.165) is 30.5 Å². The first-order chi connectivity index (χ1) is 8.70. The molecule has 0 aliphatic heterocycles. The molecular weight excluding hydrogens is 297 g/mol. The fourth-order valence-corrected chi connectivity index (χ4v) is 2.59. The minimum Gasteiger partial charge on any atom is -0.352 e. The predicted octanol–water partition coefficient (Wildman–Crippen LogP) is 2.22. The highest BCUT2D eigenvalue weighted by Crippen LogP contribution is 2.30. The number of nitrogens with zero attached hydrogens (tertiary/aromatic N) is 1. The molecule has 3 N–H and O–H groups in total. The maximum atomic E-state index is 12.1. The van der Waals surface area contributed by atoms with Crippen LogP contribution in [-0.2, 0) is 11.3 Å². The molecule has 1 aliphatic carbocycles. The smallest absolute Gasteiger partial charge is 0.223 e. The van der Waals surface area contributed by atoms with Gasteiger partial charge >= 0.3 is 0 Å². The number of carbonyl (C=O) groups is 1. The summed E-state index contributed by atoms with van der Waals surface area (Å²) < 4.78 is 0. The molecule has 0 saturated heterocycles. The molecule has 114 valence electrons. The monoisotopic (exact) mass is 319 g/mol. The van der Waals surface area contributed by atoms with Gasteiger partial charge in [-0.25, -0.2) is 0 Å². The van der Waals surface area contributed by atoms with Gasteiger partial charge in [-0.1, -0.05) is 12.5 Å². The molecule has 1 heterocycles.